The number of halogens is 2. The molecule has 102 valence electrons. The molecule has 0 spiro atoms. The fraction of sp³-hybridized carbons (Fsp3) is 0.0714. The summed E-state index contributed by atoms with van der Waals surface area (Å²) in [4.78, 5) is 17.9. The monoisotopic (exact) mass is 323 g/mol. The van der Waals surface area contributed by atoms with Crippen molar-refractivity contribution in [1.82, 2.24) is 4.98 Å². The number of pyridine rings is 1. The molecule has 0 atom stereocenters. The number of hydrogen-bond donors (Lipinski definition) is 0. The molecule has 0 N–H and O–H groups in total. The Kier molecular flexibility index (Phi) is 3.78. The zero-order valence-corrected chi connectivity index (χ0v) is 12.5. The maximum Gasteiger partial charge on any atom is 0.230 e. The van der Waals surface area contributed by atoms with Crippen LogP contribution in [-0.2, 0) is 4.79 Å². The maximum atomic E-state index is 12.2. The summed E-state index contributed by atoms with van der Waals surface area (Å²) in [6.07, 6.45) is 3.43. The first-order chi connectivity index (χ1) is 9.66. The van der Waals surface area contributed by atoms with E-state index in [0.717, 1.165) is 10.9 Å². The van der Waals surface area contributed by atoms with Gasteiger partial charge >= 0.3 is 0 Å². The van der Waals surface area contributed by atoms with Crippen molar-refractivity contribution in [1.29, 1.82) is 0 Å². The number of hydrogen-bond acceptors (Lipinski definition) is 3. The van der Waals surface area contributed by atoms with Crippen LogP contribution in [0.2, 0.25) is 10.0 Å². The van der Waals surface area contributed by atoms with Crippen LogP contribution in [-0.4, -0.2) is 16.6 Å². The fourth-order valence-corrected chi connectivity index (χ4v) is 3.48. The summed E-state index contributed by atoms with van der Waals surface area (Å²) in [6, 6.07) is 8.87. The summed E-state index contributed by atoms with van der Waals surface area (Å²) in [5, 5.41) is 1.84. The van der Waals surface area contributed by atoms with E-state index >= 15 is 0 Å². The van der Waals surface area contributed by atoms with Gasteiger partial charge in [-0.1, -0.05) is 29.4 Å². The zero-order valence-electron chi connectivity index (χ0n) is 10.2. The summed E-state index contributed by atoms with van der Waals surface area (Å²) >= 11 is 13.6. The van der Waals surface area contributed by atoms with E-state index in [1.54, 1.807) is 35.5 Å². The van der Waals surface area contributed by atoms with Crippen molar-refractivity contribution < 1.29 is 4.79 Å². The topological polar surface area (TPSA) is 33.2 Å². The number of benzene rings is 1. The maximum absolute atomic E-state index is 12.2. The van der Waals surface area contributed by atoms with Crippen molar-refractivity contribution in [2.45, 2.75) is 0 Å². The van der Waals surface area contributed by atoms with E-state index in [-0.39, 0.29) is 5.91 Å². The molecule has 0 radical (unpaired) electrons. The summed E-state index contributed by atoms with van der Waals surface area (Å²) < 4.78 is 0. The third-order valence-electron chi connectivity index (χ3n) is 2.84. The number of thioether (sulfide) groups is 1. The number of carbonyl (C=O) groups excluding carboxylic acids is 1. The lowest BCUT2D eigenvalue weighted by molar-refractivity contribution is -0.115. The van der Waals surface area contributed by atoms with Crippen LogP contribution >= 0.6 is 35.0 Å². The van der Waals surface area contributed by atoms with Crippen LogP contribution in [0.4, 0.5) is 5.69 Å². The van der Waals surface area contributed by atoms with Gasteiger partial charge in [0.25, 0.3) is 0 Å². The molecule has 0 saturated carbocycles. The van der Waals surface area contributed by atoms with Gasteiger partial charge in [0.1, 0.15) is 0 Å². The quantitative estimate of drug-likeness (QED) is 0.783. The average molecular weight is 324 g/mol. The predicted octanol–water partition coefficient (Wildman–Crippen LogP) is 4.01. The molecule has 1 fully saturated rings. The van der Waals surface area contributed by atoms with Gasteiger partial charge in [-0.15, -0.1) is 11.6 Å². The highest BCUT2D eigenvalue weighted by molar-refractivity contribution is 8.03. The second-order valence-electron chi connectivity index (χ2n) is 4.16. The molecule has 1 saturated heterocycles. The van der Waals surface area contributed by atoms with E-state index in [0.29, 0.717) is 21.5 Å². The molecule has 1 aromatic carbocycles. The van der Waals surface area contributed by atoms with Crippen LogP contribution in [0.15, 0.2) is 42.7 Å². The smallest absolute Gasteiger partial charge is 0.230 e. The number of rotatable bonds is 2. The molecular weight excluding hydrogens is 315 g/mol. The summed E-state index contributed by atoms with van der Waals surface area (Å²) in [7, 11) is 0. The standard InChI is InChI=1S/C14H9Cl2N2OS/c15-10-3-4-12(11(16)6-10)18-13(19)8-20-14(18)9-2-1-5-17-7-9/h1-7H,8H2/q-1. The number of amides is 1. The Hall–Kier alpha value is -1.36. The molecule has 2 heterocycles. The Morgan fingerprint density at radius 1 is 1.30 bits per heavy atom. The normalized spacial score (nSPS) is 15.0. The van der Waals surface area contributed by atoms with Crippen LogP contribution in [0.5, 0.6) is 0 Å². The lowest BCUT2D eigenvalue weighted by atomic mass is 10.2. The summed E-state index contributed by atoms with van der Waals surface area (Å²) in [5.41, 5.74) is 1.54. The highest BCUT2D eigenvalue weighted by atomic mass is 35.5. The zero-order chi connectivity index (χ0) is 14.1. The molecule has 6 heteroatoms. The summed E-state index contributed by atoms with van der Waals surface area (Å²) in [6.45, 7) is 0. The van der Waals surface area contributed by atoms with E-state index < -0.39 is 0 Å². The predicted molar refractivity (Wildman–Crippen MR) is 83.0 cm³/mol. The van der Waals surface area contributed by atoms with E-state index in [1.807, 2.05) is 12.1 Å². The van der Waals surface area contributed by atoms with Crippen LogP contribution in [0, 0.1) is 5.37 Å². The molecule has 2 aromatic rings. The molecule has 1 aliphatic rings. The van der Waals surface area contributed by atoms with Crippen molar-refractivity contribution in [3.63, 3.8) is 0 Å². The molecular formula is C14H9Cl2N2OS-. The second-order valence-corrected chi connectivity index (χ2v) is 5.97. The van der Waals surface area contributed by atoms with Gasteiger partial charge in [-0.3, -0.25) is 4.79 Å². The fourth-order valence-electron chi connectivity index (χ4n) is 1.98. The van der Waals surface area contributed by atoms with Crippen LogP contribution < -0.4 is 4.90 Å². The van der Waals surface area contributed by atoms with Crippen molar-refractivity contribution in [2.75, 3.05) is 10.7 Å². The molecule has 1 aromatic heterocycles. The Balaban J connectivity index is 2.03. The number of aromatic nitrogens is 1. The van der Waals surface area contributed by atoms with Crippen LogP contribution in [0.1, 0.15) is 5.56 Å². The van der Waals surface area contributed by atoms with Gasteiger partial charge in [0.15, 0.2) is 0 Å². The largest absolute Gasteiger partial charge is 0.329 e. The van der Waals surface area contributed by atoms with Crippen molar-refractivity contribution in [3.05, 3.63) is 63.7 Å². The Labute approximate surface area is 130 Å². The molecule has 0 bridgehead atoms. The molecule has 0 aliphatic carbocycles. The third kappa shape index (κ3) is 2.46. The van der Waals surface area contributed by atoms with Gasteiger partial charge in [0.05, 0.1) is 16.5 Å². The molecule has 0 unspecified atom stereocenters. The minimum atomic E-state index is -0.00178. The van der Waals surface area contributed by atoms with Crippen molar-refractivity contribution >= 4 is 46.6 Å². The van der Waals surface area contributed by atoms with Gasteiger partial charge in [0.2, 0.25) is 5.91 Å². The summed E-state index contributed by atoms with van der Waals surface area (Å²) in [5.74, 6) is 0.390. The first-order valence-electron chi connectivity index (χ1n) is 5.85. The lowest BCUT2D eigenvalue weighted by Crippen LogP contribution is -2.28. The van der Waals surface area contributed by atoms with E-state index in [9.17, 15) is 4.79 Å². The molecule has 3 rings (SSSR count). The van der Waals surface area contributed by atoms with Crippen LogP contribution in [0.3, 0.4) is 0 Å². The van der Waals surface area contributed by atoms with E-state index in [2.05, 4.69) is 4.98 Å². The minimum Gasteiger partial charge on any atom is -0.329 e. The first-order valence-corrected chi connectivity index (χ1v) is 7.59. The molecule has 20 heavy (non-hydrogen) atoms. The number of anilines is 1. The Bertz CT molecular complexity index is 651. The van der Waals surface area contributed by atoms with E-state index in [1.165, 1.54) is 11.8 Å². The SMILES string of the molecule is O=C1CS[C-](c2cccnc2)N1c1ccc(Cl)cc1Cl. The van der Waals surface area contributed by atoms with E-state index in [4.69, 9.17) is 23.2 Å². The highest BCUT2D eigenvalue weighted by Crippen LogP contribution is 2.43. The Morgan fingerprint density at radius 2 is 2.15 bits per heavy atom. The average Bonchev–Trinajstić information content (AvgIpc) is 2.82. The lowest BCUT2D eigenvalue weighted by Gasteiger charge is -2.31. The molecule has 3 nitrogen and oxygen atoms in total. The third-order valence-corrected chi connectivity index (χ3v) is 4.46. The van der Waals surface area contributed by atoms with Crippen molar-refractivity contribution in [2.24, 2.45) is 0 Å². The van der Waals surface area contributed by atoms with Gasteiger partial charge in [-0.2, -0.15) is 17.8 Å². The van der Waals surface area contributed by atoms with Gasteiger partial charge in [-0.05, 0) is 29.8 Å². The minimum absolute atomic E-state index is 0.00178. The molecule has 1 amide bonds. The number of carbonyl (C=O) groups is 1. The second kappa shape index (κ2) is 5.56. The van der Waals surface area contributed by atoms with Crippen LogP contribution in [0.25, 0.3) is 0 Å². The van der Waals surface area contributed by atoms with Gasteiger partial charge in [-0.25, -0.2) is 0 Å². The van der Waals surface area contributed by atoms with Gasteiger partial charge < -0.3 is 9.88 Å². The van der Waals surface area contributed by atoms with Crippen molar-refractivity contribution in [3.8, 4) is 0 Å². The first kappa shape index (κ1) is 13.6. The number of nitrogens with zero attached hydrogens (tertiary/aromatic N) is 2. The Morgan fingerprint density at radius 3 is 2.85 bits per heavy atom. The van der Waals surface area contributed by atoms with Gasteiger partial charge in [0, 0.05) is 5.02 Å². The highest BCUT2D eigenvalue weighted by Gasteiger charge is 2.30. The molecule has 1 aliphatic heterocycles.